The van der Waals surface area contributed by atoms with E-state index in [9.17, 15) is 0 Å². The van der Waals surface area contributed by atoms with Gasteiger partial charge >= 0.3 is 0 Å². The molecule has 0 amide bonds. The standard InChI is InChI=1S/C11H18ClN3/c1-11(2,8-4-5-8)14-7-10-13-6-9(12)15(10)3/h6,8,14H,4-5,7H2,1-3H3. The van der Waals surface area contributed by atoms with Crippen molar-refractivity contribution in [3.05, 3.63) is 17.2 Å². The van der Waals surface area contributed by atoms with E-state index in [1.54, 1.807) is 6.20 Å². The van der Waals surface area contributed by atoms with Gasteiger partial charge in [0.2, 0.25) is 0 Å². The largest absolute Gasteiger partial charge is 0.321 e. The molecule has 1 aromatic rings. The average Bonchev–Trinajstić information content (AvgIpc) is 2.96. The number of hydrogen-bond acceptors (Lipinski definition) is 2. The summed E-state index contributed by atoms with van der Waals surface area (Å²) in [5.41, 5.74) is 0.221. The third-order valence-electron chi connectivity index (χ3n) is 3.33. The Morgan fingerprint density at radius 3 is 2.73 bits per heavy atom. The van der Waals surface area contributed by atoms with Gasteiger partial charge in [0.15, 0.2) is 0 Å². The van der Waals surface area contributed by atoms with Crippen LogP contribution in [0.25, 0.3) is 0 Å². The van der Waals surface area contributed by atoms with Crippen LogP contribution in [0.1, 0.15) is 32.5 Å². The highest BCUT2D eigenvalue weighted by molar-refractivity contribution is 6.29. The van der Waals surface area contributed by atoms with Gasteiger partial charge in [0.05, 0.1) is 12.7 Å². The van der Waals surface area contributed by atoms with Crippen LogP contribution in [0.2, 0.25) is 5.15 Å². The monoisotopic (exact) mass is 227 g/mol. The topological polar surface area (TPSA) is 29.9 Å². The number of imidazole rings is 1. The maximum atomic E-state index is 5.93. The summed E-state index contributed by atoms with van der Waals surface area (Å²) in [6.07, 6.45) is 4.39. The van der Waals surface area contributed by atoms with Crippen molar-refractivity contribution in [3.8, 4) is 0 Å². The zero-order valence-electron chi connectivity index (χ0n) is 9.55. The molecule has 0 radical (unpaired) electrons. The van der Waals surface area contributed by atoms with Crippen LogP contribution >= 0.6 is 11.6 Å². The molecule has 4 heteroatoms. The van der Waals surface area contributed by atoms with Gasteiger partial charge in [-0.15, -0.1) is 0 Å². The highest BCUT2D eigenvalue weighted by Crippen LogP contribution is 2.39. The fraction of sp³-hybridized carbons (Fsp3) is 0.727. The fourth-order valence-corrected chi connectivity index (χ4v) is 1.99. The first-order chi connectivity index (χ1) is 7.00. The van der Waals surface area contributed by atoms with Gasteiger partial charge in [-0.2, -0.15) is 0 Å². The van der Waals surface area contributed by atoms with E-state index in [4.69, 9.17) is 11.6 Å². The summed E-state index contributed by atoms with van der Waals surface area (Å²) >= 11 is 5.93. The summed E-state index contributed by atoms with van der Waals surface area (Å²) < 4.78 is 1.91. The molecule has 2 rings (SSSR count). The van der Waals surface area contributed by atoms with E-state index in [2.05, 4.69) is 24.1 Å². The molecule has 1 N–H and O–H groups in total. The van der Waals surface area contributed by atoms with E-state index in [1.807, 2.05) is 11.6 Å². The first kappa shape index (κ1) is 11.0. The van der Waals surface area contributed by atoms with Crippen LogP contribution in [0.5, 0.6) is 0 Å². The molecule has 0 spiro atoms. The molecule has 84 valence electrons. The van der Waals surface area contributed by atoms with E-state index in [1.165, 1.54) is 12.8 Å². The smallest absolute Gasteiger partial charge is 0.128 e. The van der Waals surface area contributed by atoms with Crippen LogP contribution in [-0.4, -0.2) is 15.1 Å². The second-order valence-corrected chi connectivity index (χ2v) is 5.29. The molecular weight excluding hydrogens is 210 g/mol. The summed E-state index contributed by atoms with van der Waals surface area (Å²) in [5.74, 6) is 1.82. The van der Waals surface area contributed by atoms with Crippen LogP contribution in [0.15, 0.2) is 6.20 Å². The second kappa shape index (κ2) is 3.80. The molecule has 0 bridgehead atoms. The Hall–Kier alpha value is -0.540. The Kier molecular flexibility index (Phi) is 2.77. The number of nitrogens with zero attached hydrogens (tertiary/aromatic N) is 2. The Bertz CT molecular complexity index is 353. The van der Waals surface area contributed by atoms with E-state index >= 15 is 0 Å². The predicted octanol–water partition coefficient (Wildman–Crippen LogP) is 2.35. The van der Waals surface area contributed by atoms with Crippen molar-refractivity contribution >= 4 is 11.6 Å². The van der Waals surface area contributed by atoms with Crippen molar-refractivity contribution < 1.29 is 0 Å². The zero-order valence-corrected chi connectivity index (χ0v) is 10.3. The SMILES string of the molecule is Cn1c(Cl)cnc1CNC(C)(C)C1CC1. The Morgan fingerprint density at radius 2 is 2.27 bits per heavy atom. The Labute approximate surface area is 95.8 Å². The molecule has 1 fully saturated rings. The van der Waals surface area contributed by atoms with Crippen LogP contribution in [0, 0.1) is 5.92 Å². The van der Waals surface area contributed by atoms with Crippen LogP contribution in [-0.2, 0) is 13.6 Å². The number of nitrogens with one attached hydrogen (secondary N) is 1. The first-order valence-corrected chi connectivity index (χ1v) is 5.79. The van der Waals surface area contributed by atoms with Crippen molar-refractivity contribution in [1.29, 1.82) is 0 Å². The van der Waals surface area contributed by atoms with Crippen molar-refractivity contribution in [3.63, 3.8) is 0 Å². The van der Waals surface area contributed by atoms with Gasteiger partial charge in [-0.05, 0) is 32.6 Å². The molecular formula is C11H18ClN3. The highest BCUT2D eigenvalue weighted by atomic mass is 35.5. The molecule has 0 atom stereocenters. The fourth-order valence-electron chi connectivity index (χ4n) is 1.84. The Morgan fingerprint density at radius 1 is 1.60 bits per heavy atom. The quantitative estimate of drug-likeness (QED) is 0.856. The highest BCUT2D eigenvalue weighted by Gasteiger charge is 2.37. The van der Waals surface area contributed by atoms with E-state index < -0.39 is 0 Å². The second-order valence-electron chi connectivity index (χ2n) is 4.91. The summed E-state index contributed by atoms with van der Waals surface area (Å²) in [4.78, 5) is 4.27. The molecule has 1 aromatic heterocycles. The lowest BCUT2D eigenvalue weighted by molar-refractivity contribution is 0.334. The van der Waals surface area contributed by atoms with Crippen LogP contribution in [0.3, 0.4) is 0 Å². The number of aromatic nitrogens is 2. The minimum Gasteiger partial charge on any atom is -0.321 e. The van der Waals surface area contributed by atoms with Crippen LogP contribution < -0.4 is 5.32 Å². The molecule has 1 aliphatic carbocycles. The van der Waals surface area contributed by atoms with Gasteiger partial charge in [-0.3, -0.25) is 0 Å². The van der Waals surface area contributed by atoms with Gasteiger partial charge in [-0.25, -0.2) is 4.98 Å². The summed E-state index contributed by atoms with van der Waals surface area (Å²) in [5, 5.41) is 4.24. The molecule has 1 aliphatic rings. The van der Waals surface area contributed by atoms with Gasteiger partial charge in [0.25, 0.3) is 0 Å². The molecule has 1 heterocycles. The molecule has 3 nitrogen and oxygen atoms in total. The van der Waals surface area contributed by atoms with Crippen molar-refractivity contribution in [2.24, 2.45) is 13.0 Å². The lowest BCUT2D eigenvalue weighted by atomic mass is 9.99. The summed E-state index contributed by atoms with van der Waals surface area (Å²) in [6, 6.07) is 0. The summed E-state index contributed by atoms with van der Waals surface area (Å²) in [7, 11) is 1.94. The molecule has 0 aliphatic heterocycles. The van der Waals surface area contributed by atoms with Crippen molar-refractivity contribution in [2.75, 3.05) is 0 Å². The predicted molar refractivity (Wildman–Crippen MR) is 61.9 cm³/mol. The minimum absolute atomic E-state index is 0.221. The maximum Gasteiger partial charge on any atom is 0.128 e. The van der Waals surface area contributed by atoms with Gasteiger partial charge in [0, 0.05) is 12.6 Å². The van der Waals surface area contributed by atoms with E-state index in [-0.39, 0.29) is 5.54 Å². The van der Waals surface area contributed by atoms with Crippen LogP contribution in [0.4, 0.5) is 0 Å². The maximum absolute atomic E-state index is 5.93. The van der Waals surface area contributed by atoms with Crippen molar-refractivity contribution in [2.45, 2.75) is 38.8 Å². The molecule has 0 aromatic carbocycles. The lowest BCUT2D eigenvalue weighted by Gasteiger charge is -2.26. The zero-order chi connectivity index (χ0) is 11.1. The number of rotatable bonds is 4. The third kappa shape index (κ3) is 2.34. The molecule has 15 heavy (non-hydrogen) atoms. The number of halogens is 1. The van der Waals surface area contributed by atoms with Crippen molar-refractivity contribution in [1.82, 2.24) is 14.9 Å². The first-order valence-electron chi connectivity index (χ1n) is 5.42. The van der Waals surface area contributed by atoms with Gasteiger partial charge in [0.1, 0.15) is 11.0 Å². The minimum atomic E-state index is 0.221. The average molecular weight is 228 g/mol. The molecule has 0 unspecified atom stereocenters. The summed E-state index contributed by atoms with van der Waals surface area (Å²) in [6.45, 7) is 5.30. The molecule has 0 saturated heterocycles. The number of hydrogen-bond donors (Lipinski definition) is 1. The lowest BCUT2D eigenvalue weighted by Crippen LogP contribution is -2.41. The molecule has 1 saturated carbocycles. The Balaban J connectivity index is 1.95. The van der Waals surface area contributed by atoms with E-state index in [0.717, 1.165) is 18.3 Å². The normalized spacial score (nSPS) is 17.1. The third-order valence-corrected chi connectivity index (χ3v) is 3.68. The van der Waals surface area contributed by atoms with E-state index in [0.29, 0.717) is 5.15 Å². The van der Waals surface area contributed by atoms with Gasteiger partial charge < -0.3 is 9.88 Å². The van der Waals surface area contributed by atoms with Gasteiger partial charge in [-0.1, -0.05) is 11.6 Å².